The number of aromatic carboxylic acids is 1. The summed E-state index contributed by atoms with van der Waals surface area (Å²) >= 11 is 0. The van der Waals surface area contributed by atoms with Crippen LogP contribution < -0.4 is 4.74 Å². The van der Waals surface area contributed by atoms with E-state index in [0.29, 0.717) is 17.7 Å². The summed E-state index contributed by atoms with van der Waals surface area (Å²) in [5, 5.41) is 22.3. The largest absolute Gasteiger partial charge is 0.491 e. The first-order valence-corrected chi connectivity index (χ1v) is 5.63. The molecule has 0 radical (unpaired) electrons. The van der Waals surface area contributed by atoms with E-state index in [9.17, 15) is 9.90 Å². The van der Waals surface area contributed by atoms with Crippen molar-refractivity contribution < 1.29 is 19.7 Å². The molecule has 0 fully saturated rings. The van der Waals surface area contributed by atoms with Crippen LogP contribution in [0.4, 0.5) is 0 Å². The summed E-state index contributed by atoms with van der Waals surface area (Å²) in [5.74, 6) is -0.520. The minimum absolute atomic E-state index is 0.122. The van der Waals surface area contributed by atoms with Gasteiger partial charge < -0.3 is 14.9 Å². The number of carboxylic acids is 1. The molecule has 96 valence electrons. The molecule has 2 aromatic rings. The highest BCUT2D eigenvalue weighted by Crippen LogP contribution is 2.18. The topological polar surface area (TPSA) is 84.1 Å². The van der Waals surface area contributed by atoms with Crippen molar-refractivity contribution in [2.75, 3.05) is 6.61 Å². The van der Waals surface area contributed by atoms with Crippen LogP contribution in [0.15, 0.2) is 24.5 Å². The first kappa shape index (κ1) is 12.4. The van der Waals surface area contributed by atoms with Crippen molar-refractivity contribution in [3.8, 4) is 5.75 Å². The third-order valence-electron chi connectivity index (χ3n) is 2.64. The van der Waals surface area contributed by atoms with Gasteiger partial charge in [0.15, 0.2) is 0 Å². The van der Waals surface area contributed by atoms with E-state index in [1.807, 2.05) is 6.92 Å². The Hall–Kier alpha value is -2.08. The van der Waals surface area contributed by atoms with E-state index in [1.54, 1.807) is 18.3 Å². The van der Waals surface area contributed by atoms with E-state index >= 15 is 0 Å². The summed E-state index contributed by atoms with van der Waals surface area (Å²) < 4.78 is 6.85. The van der Waals surface area contributed by atoms with Crippen LogP contribution >= 0.6 is 0 Å². The first-order valence-electron chi connectivity index (χ1n) is 5.63. The fraction of sp³-hybridized carbons (Fsp3) is 0.333. The molecule has 0 saturated heterocycles. The average Bonchev–Trinajstić information content (AvgIpc) is 2.78. The Morgan fingerprint density at radius 3 is 3.06 bits per heavy atom. The van der Waals surface area contributed by atoms with Gasteiger partial charge in [0.2, 0.25) is 0 Å². The standard InChI is InChI=1S/C12H14N2O4/c1-2-8(15)7-18-9-3-4-14-11(5-9)10(6-13-14)12(16)17/h3-6,8,15H,2,7H2,1H3,(H,16,17). The predicted molar refractivity (Wildman–Crippen MR) is 63.9 cm³/mol. The molecule has 0 aromatic carbocycles. The maximum absolute atomic E-state index is 11.0. The Labute approximate surface area is 103 Å². The van der Waals surface area contributed by atoms with E-state index in [4.69, 9.17) is 9.84 Å². The fourth-order valence-corrected chi connectivity index (χ4v) is 1.53. The van der Waals surface area contributed by atoms with E-state index in [-0.39, 0.29) is 12.2 Å². The van der Waals surface area contributed by atoms with Gasteiger partial charge in [-0.25, -0.2) is 9.31 Å². The monoisotopic (exact) mass is 250 g/mol. The normalized spacial score (nSPS) is 12.6. The van der Waals surface area contributed by atoms with E-state index in [0.717, 1.165) is 0 Å². The van der Waals surface area contributed by atoms with Gasteiger partial charge in [-0.05, 0) is 12.5 Å². The number of aromatic nitrogens is 2. The first-order chi connectivity index (χ1) is 8.61. The molecule has 0 bridgehead atoms. The minimum Gasteiger partial charge on any atom is -0.491 e. The number of hydrogen-bond acceptors (Lipinski definition) is 4. The lowest BCUT2D eigenvalue weighted by molar-refractivity contribution is 0.0699. The number of carboxylic acid groups (broad SMARTS) is 1. The van der Waals surface area contributed by atoms with E-state index in [2.05, 4.69) is 5.10 Å². The van der Waals surface area contributed by atoms with Gasteiger partial charge in [0.05, 0.1) is 17.8 Å². The second-order valence-corrected chi connectivity index (χ2v) is 3.93. The predicted octanol–water partition coefficient (Wildman–Crippen LogP) is 1.18. The lowest BCUT2D eigenvalue weighted by Crippen LogP contribution is -2.16. The van der Waals surface area contributed by atoms with Gasteiger partial charge in [-0.1, -0.05) is 6.92 Å². The highest BCUT2D eigenvalue weighted by Gasteiger charge is 2.12. The Morgan fingerprint density at radius 2 is 2.39 bits per heavy atom. The molecule has 18 heavy (non-hydrogen) atoms. The Bertz CT molecular complexity index is 564. The summed E-state index contributed by atoms with van der Waals surface area (Å²) in [6, 6.07) is 3.27. The SMILES string of the molecule is CCC(O)COc1ccn2ncc(C(=O)O)c2c1. The molecule has 0 saturated carbocycles. The maximum atomic E-state index is 11.0. The van der Waals surface area contributed by atoms with Gasteiger partial charge in [-0.2, -0.15) is 5.10 Å². The molecule has 2 heterocycles. The van der Waals surface area contributed by atoms with E-state index in [1.165, 1.54) is 10.7 Å². The molecule has 2 aromatic heterocycles. The van der Waals surface area contributed by atoms with Gasteiger partial charge in [-0.3, -0.25) is 0 Å². The lowest BCUT2D eigenvalue weighted by Gasteiger charge is -2.10. The molecule has 2 rings (SSSR count). The van der Waals surface area contributed by atoms with Crippen molar-refractivity contribution in [1.29, 1.82) is 0 Å². The Morgan fingerprint density at radius 1 is 1.61 bits per heavy atom. The third-order valence-corrected chi connectivity index (χ3v) is 2.64. The smallest absolute Gasteiger partial charge is 0.339 e. The van der Waals surface area contributed by atoms with Crippen LogP contribution in [-0.2, 0) is 0 Å². The number of carbonyl (C=O) groups is 1. The molecule has 6 nitrogen and oxygen atoms in total. The van der Waals surface area contributed by atoms with Crippen molar-refractivity contribution in [2.45, 2.75) is 19.4 Å². The zero-order chi connectivity index (χ0) is 13.1. The summed E-state index contributed by atoms with van der Waals surface area (Å²) in [5.41, 5.74) is 0.586. The van der Waals surface area contributed by atoms with Gasteiger partial charge in [0, 0.05) is 12.3 Å². The molecule has 0 aliphatic rings. The third kappa shape index (κ3) is 2.43. The van der Waals surface area contributed by atoms with Crippen molar-refractivity contribution in [3.05, 3.63) is 30.1 Å². The number of hydrogen-bond donors (Lipinski definition) is 2. The second-order valence-electron chi connectivity index (χ2n) is 3.93. The molecule has 6 heteroatoms. The maximum Gasteiger partial charge on any atom is 0.339 e. The number of aliphatic hydroxyl groups excluding tert-OH is 1. The average molecular weight is 250 g/mol. The molecule has 0 aliphatic heterocycles. The zero-order valence-corrected chi connectivity index (χ0v) is 9.91. The number of aliphatic hydroxyl groups is 1. The van der Waals surface area contributed by atoms with Crippen molar-refractivity contribution >= 4 is 11.5 Å². The molecule has 1 unspecified atom stereocenters. The van der Waals surface area contributed by atoms with Gasteiger partial charge in [-0.15, -0.1) is 0 Å². The van der Waals surface area contributed by atoms with Gasteiger partial charge >= 0.3 is 5.97 Å². The number of nitrogens with zero attached hydrogens (tertiary/aromatic N) is 2. The van der Waals surface area contributed by atoms with Crippen molar-refractivity contribution in [1.82, 2.24) is 9.61 Å². The van der Waals surface area contributed by atoms with Crippen LogP contribution in [0.2, 0.25) is 0 Å². The number of rotatable bonds is 5. The quantitative estimate of drug-likeness (QED) is 0.832. The molecule has 0 aliphatic carbocycles. The molecule has 0 spiro atoms. The van der Waals surface area contributed by atoms with Crippen LogP contribution in [0.25, 0.3) is 5.52 Å². The highest BCUT2D eigenvalue weighted by molar-refractivity contribution is 5.95. The second kappa shape index (κ2) is 5.05. The number of fused-ring (bicyclic) bond motifs is 1. The number of pyridine rings is 1. The number of ether oxygens (including phenoxy) is 1. The highest BCUT2D eigenvalue weighted by atomic mass is 16.5. The Balaban J connectivity index is 2.25. The van der Waals surface area contributed by atoms with Gasteiger partial charge in [0.25, 0.3) is 0 Å². The Kier molecular flexibility index (Phi) is 3.47. The molecule has 2 N–H and O–H groups in total. The molecular weight excluding hydrogens is 236 g/mol. The van der Waals surface area contributed by atoms with Gasteiger partial charge in [0.1, 0.15) is 17.9 Å². The molecular formula is C12H14N2O4. The van der Waals surface area contributed by atoms with Crippen molar-refractivity contribution in [2.24, 2.45) is 0 Å². The molecule has 1 atom stereocenters. The minimum atomic E-state index is -1.03. The summed E-state index contributed by atoms with van der Waals surface area (Å²) in [4.78, 5) is 11.0. The zero-order valence-electron chi connectivity index (χ0n) is 9.91. The van der Waals surface area contributed by atoms with E-state index < -0.39 is 12.1 Å². The fourth-order valence-electron chi connectivity index (χ4n) is 1.53. The summed E-state index contributed by atoms with van der Waals surface area (Å²) in [6.07, 6.45) is 3.00. The summed E-state index contributed by atoms with van der Waals surface area (Å²) in [6.45, 7) is 2.04. The van der Waals surface area contributed by atoms with Crippen LogP contribution in [0.3, 0.4) is 0 Å². The van der Waals surface area contributed by atoms with Crippen LogP contribution in [0.1, 0.15) is 23.7 Å². The lowest BCUT2D eigenvalue weighted by atomic mass is 10.2. The van der Waals surface area contributed by atoms with Crippen LogP contribution in [0.5, 0.6) is 5.75 Å². The molecule has 0 amide bonds. The van der Waals surface area contributed by atoms with Crippen LogP contribution in [-0.4, -0.2) is 38.5 Å². The van der Waals surface area contributed by atoms with Crippen LogP contribution in [0, 0.1) is 0 Å². The summed E-state index contributed by atoms with van der Waals surface area (Å²) in [7, 11) is 0. The van der Waals surface area contributed by atoms with Crippen molar-refractivity contribution in [3.63, 3.8) is 0 Å².